The Hall–Kier alpha value is -2.98. The molecule has 2 heterocycles. The van der Waals surface area contributed by atoms with Crippen molar-refractivity contribution in [3.05, 3.63) is 89.7 Å². The van der Waals surface area contributed by atoms with E-state index < -0.39 is 5.97 Å². The van der Waals surface area contributed by atoms with E-state index in [1.54, 1.807) is 12.1 Å². The summed E-state index contributed by atoms with van der Waals surface area (Å²) in [7, 11) is 0. The van der Waals surface area contributed by atoms with E-state index in [2.05, 4.69) is 34.1 Å². The van der Waals surface area contributed by atoms with Crippen LogP contribution in [0.1, 0.15) is 27.9 Å². The van der Waals surface area contributed by atoms with Crippen molar-refractivity contribution in [3.8, 4) is 11.1 Å². The minimum absolute atomic E-state index is 0.341. The second kappa shape index (κ2) is 8.36. The van der Waals surface area contributed by atoms with Crippen molar-refractivity contribution in [2.45, 2.75) is 19.4 Å². The molecule has 0 amide bonds. The Balaban J connectivity index is 1.38. The van der Waals surface area contributed by atoms with E-state index in [-0.39, 0.29) is 0 Å². The fourth-order valence-electron chi connectivity index (χ4n) is 4.04. The van der Waals surface area contributed by atoms with Crippen LogP contribution in [0.25, 0.3) is 11.1 Å². The van der Waals surface area contributed by atoms with Gasteiger partial charge in [0.15, 0.2) is 0 Å². The first-order valence-electron chi connectivity index (χ1n) is 9.72. The number of nitrogens with zero attached hydrogens (tertiary/aromatic N) is 2. The number of carboxylic acid groups (broad SMARTS) is 1. The van der Waals surface area contributed by atoms with Crippen LogP contribution in [0.5, 0.6) is 0 Å². The topological polar surface area (TPSA) is 53.4 Å². The molecular formula is C24H24N2O2. The molecule has 1 atom stereocenters. The maximum Gasteiger partial charge on any atom is 0.336 e. The zero-order chi connectivity index (χ0) is 19.3. The Kier molecular flexibility index (Phi) is 5.49. The van der Waals surface area contributed by atoms with Crippen molar-refractivity contribution in [3.63, 3.8) is 0 Å². The first-order valence-corrected chi connectivity index (χ1v) is 9.72. The molecule has 28 heavy (non-hydrogen) atoms. The first kappa shape index (κ1) is 18.4. The number of pyridine rings is 1. The van der Waals surface area contributed by atoms with Crippen LogP contribution in [0, 0.1) is 5.92 Å². The van der Waals surface area contributed by atoms with E-state index >= 15 is 0 Å². The van der Waals surface area contributed by atoms with Gasteiger partial charge in [-0.15, -0.1) is 0 Å². The van der Waals surface area contributed by atoms with E-state index in [9.17, 15) is 9.90 Å². The summed E-state index contributed by atoms with van der Waals surface area (Å²) >= 11 is 0. The molecule has 0 radical (unpaired) electrons. The predicted octanol–water partition coefficient (Wildman–Crippen LogP) is 4.51. The van der Waals surface area contributed by atoms with Crippen molar-refractivity contribution in [2.75, 3.05) is 13.1 Å². The van der Waals surface area contributed by atoms with Crippen LogP contribution in [0.4, 0.5) is 0 Å². The summed E-state index contributed by atoms with van der Waals surface area (Å²) in [5.41, 5.74) is 4.68. The van der Waals surface area contributed by atoms with Crippen LogP contribution in [-0.4, -0.2) is 34.0 Å². The maximum absolute atomic E-state index is 11.4. The van der Waals surface area contributed by atoms with Gasteiger partial charge in [-0.2, -0.15) is 0 Å². The highest BCUT2D eigenvalue weighted by Crippen LogP contribution is 2.26. The lowest BCUT2D eigenvalue weighted by atomic mass is 9.98. The maximum atomic E-state index is 11.4. The molecule has 142 valence electrons. The van der Waals surface area contributed by atoms with Gasteiger partial charge in [-0.05, 0) is 65.8 Å². The molecule has 0 bridgehead atoms. The molecule has 4 heteroatoms. The predicted molar refractivity (Wildman–Crippen MR) is 110 cm³/mol. The summed E-state index contributed by atoms with van der Waals surface area (Å²) < 4.78 is 0. The van der Waals surface area contributed by atoms with E-state index in [4.69, 9.17) is 0 Å². The van der Waals surface area contributed by atoms with Gasteiger partial charge in [0.1, 0.15) is 0 Å². The summed E-state index contributed by atoms with van der Waals surface area (Å²) in [6, 6.07) is 19.7. The molecule has 2 aromatic carbocycles. The van der Waals surface area contributed by atoms with Gasteiger partial charge in [0, 0.05) is 25.5 Å². The summed E-state index contributed by atoms with van der Waals surface area (Å²) in [5.74, 6) is -0.193. The Labute approximate surface area is 165 Å². The number of rotatable bonds is 6. The zero-order valence-electron chi connectivity index (χ0n) is 15.8. The molecule has 1 aromatic heterocycles. The third-order valence-corrected chi connectivity index (χ3v) is 5.47. The number of carboxylic acids is 1. The molecule has 4 nitrogen and oxygen atoms in total. The summed E-state index contributed by atoms with van der Waals surface area (Å²) in [5, 5.41) is 9.39. The lowest BCUT2D eigenvalue weighted by molar-refractivity contribution is 0.0697. The van der Waals surface area contributed by atoms with Gasteiger partial charge in [-0.1, -0.05) is 42.5 Å². The molecule has 1 N–H and O–H groups in total. The number of hydrogen-bond acceptors (Lipinski definition) is 3. The van der Waals surface area contributed by atoms with Crippen LogP contribution >= 0.6 is 0 Å². The van der Waals surface area contributed by atoms with Gasteiger partial charge in [0.2, 0.25) is 0 Å². The van der Waals surface area contributed by atoms with Crippen LogP contribution in [-0.2, 0) is 13.0 Å². The highest BCUT2D eigenvalue weighted by Gasteiger charge is 2.22. The van der Waals surface area contributed by atoms with Gasteiger partial charge < -0.3 is 5.11 Å². The van der Waals surface area contributed by atoms with Crippen molar-refractivity contribution in [1.82, 2.24) is 9.88 Å². The minimum atomic E-state index is -0.892. The Morgan fingerprint density at radius 2 is 1.75 bits per heavy atom. The van der Waals surface area contributed by atoms with Gasteiger partial charge in [-0.3, -0.25) is 9.88 Å². The molecule has 1 aliphatic rings. The molecule has 0 aliphatic carbocycles. The molecule has 4 rings (SSSR count). The molecule has 0 unspecified atom stereocenters. The SMILES string of the molecule is O=C(O)c1ccccc1-c1ccc(CN2CC[C@H](Cc3ccncc3)C2)cc1. The molecular weight excluding hydrogens is 348 g/mol. The molecule has 0 spiro atoms. The minimum Gasteiger partial charge on any atom is -0.478 e. The highest BCUT2D eigenvalue weighted by molar-refractivity contribution is 5.95. The van der Waals surface area contributed by atoms with Gasteiger partial charge in [-0.25, -0.2) is 4.79 Å². The van der Waals surface area contributed by atoms with E-state index in [0.29, 0.717) is 11.5 Å². The average Bonchev–Trinajstić information content (AvgIpc) is 3.16. The number of aromatic nitrogens is 1. The first-order chi connectivity index (χ1) is 13.7. The normalized spacial score (nSPS) is 16.9. The number of hydrogen-bond donors (Lipinski definition) is 1. The van der Waals surface area contributed by atoms with Crippen LogP contribution < -0.4 is 0 Å². The third kappa shape index (κ3) is 4.29. The highest BCUT2D eigenvalue weighted by atomic mass is 16.4. The Morgan fingerprint density at radius 1 is 1.00 bits per heavy atom. The van der Waals surface area contributed by atoms with Crippen molar-refractivity contribution in [2.24, 2.45) is 5.92 Å². The van der Waals surface area contributed by atoms with E-state index in [0.717, 1.165) is 37.2 Å². The quantitative estimate of drug-likeness (QED) is 0.692. The Morgan fingerprint density at radius 3 is 2.50 bits per heavy atom. The second-order valence-corrected chi connectivity index (χ2v) is 7.50. The summed E-state index contributed by atoms with van der Waals surface area (Å²) in [6.45, 7) is 3.18. The molecule has 1 aliphatic heterocycles. The van der Waals surface area contributed by atoms with E-state index in [1.165, 1.54) is 17.5 Å². The molecule has 1 fully saturated rings. The second-order valence-electron chi connectivity index (χ2n) is 7.50. The fraction of sp³-hybridized carbons (Fsp3) is 0.250. The lowest BCUT2D eigenvalue weighted by Gasteiger charge is -2.16. The zero-order valence-corrected chi connectivity index (χ0v) is 15.8. The van der Waals surface area contributed by atoms with Crippen molar-refractivity contribution in [1.29, 1.82) is 0 Å². The summed E-state index contributed by atoms with van der Waals surface area (Å²) in [6.07, 6.45) is 6.08. The standard InChI is InChI=1S/C24H24N2O2/c27-24(28)23-4-2-1-3-22(23)21-7-5-19(6-8-21)16-26-14-11-20(17-26)15-18-9-12-25-13-10-18/h1-10,12-13,20H,11,14-17H2,(H,27,28)/t20-/m1/s1. The fourth-order valence-corrected chi connectivity index (χ4v) is 4.04. The molecule has 0 saturated carbocycles. The van der Waals surface area contributed by atoms with Gasteiger partial charge >= 0.3 is 5.97 Å². The number of aromatic carboxylic acids is 1. The van der Waals surface area contributed by atoms with Crippen molar-refractivity contribution < 1.29 is 9.90 Å². The lowest BCUT2D eigenvalue weighted by Crippen LogP contribution is -2.20. The number of carbonyl (C=O) groups is 1. The van der Waals surface area contributed by atoms with Gasteiger partial charge in [0.05, 0.1) is 5.56 Å². The average molecular weight is 372 g/mol. The number of benzene rings is 2. The van der Waals surface area contributed by atoms with Crippen LogP contribution in [0.2, 0.25) is 0 Å². The monoisotopic (exact) mass is 372 g/mol. The smallest absolute Gasteiger partial charge is 0.336 e. The third-order valence-electron chi connectivity index (χ3n) is 5.47. The van der Waals surface area contributed by atoms with Gasteiger partial charge in [0.25, 0.3) is 0 Å². The summed E-state index contributed by atoms with van der Waals surface area (Å²) in [4.78, 5) is 18.0. The van der Waals surface area contributed by atoms with Crippen LogP contribution in [0.15, 0.2) is 73.1 Å². The number of likely N-dealkylation sites (tertiary alicyclic amines) is 1. The van der Waals surface area contributed by atoms with Crippen LogP contribution in [0.3, 0.4) is 0 Å². The largest absolute Gasteiger partial charge is 0.478 e. The Bertz CT molecular complexity index is 938. The molecule has 3 aromatic rings. The van der Waals surface area contributed by atoms with Crippen molar-refractivity contribution >= 4 is 5.97 Å². The molecule has 1 saturated heterocycles. The van der Waals surface area contributed by atoms with E-state index in [1.807, 2.05) is 36.7 Å².